The van der Waals surface area contributed by atoms with E-state index >= 15 is 0 Å². The van der Waals surface area contributed by atoms with Crippen molar-refractivity contribution < 1.29 is 52.9 Å². The average Bonchev–Trinajstić information content (AvgIpc) is 2.70. The molecule has 3 rings (SSSR count). The van der Waals surface area contributed by atoms with Gasteiger partial charge in [-0.25, -0.2) is 0 Å². The first-order chi connectivity index (χ1) is 15.9. The summed E-state index contributed by atoms with van der Waals surface area (Å²) in [7, 11) is -10.0. The Morgan fingerprint density at radius 3 is 2.06 bits per heavy atom. The number of carbonyl (C=O) groups is 1. The van der Waals surface area contributed by atoms with E-state index in [-0.39, 0.29) is 5.56 Å². The molecule has 0 saturated carbocycles. The maximum absolute atomic E-state index is 11.9. The molecule has 0 atom stereocenters. The van der Waals surface area contributed by atoms with E-state index in [2.05, 4.69) is 10.2 Å². The van der Waals surface area contributed by atoms with Crippen LogP contribution in [0.25, 0.3) is 10.8 Å². The Labute approximate surface area is 199 Å². The van der Waals surface area contributed by atoms with Gasteiger partial charge in [-0.05, 0) is 0 Å². The average molecular weight is 590 g/mol. The molecular weight excluding hydrogens is 575 g/mol. The fourth-order valence-corrected chi connectivity index (χ4v) is 5.76. The Balaban J connectivity index is 2.35. The van der Waals surface area contributed by atoms with Gasteiger partial charge < -0.3 is 0 Å². The Morgan fingerprint density at radius 1 is 0.914 bits per heavy atom. The van der Waals surface area contributed by atoms with Gasteiger partial charge in [0.2, 0.25) is 0 Å². The Kier molecular flexibility index (Phi) is 6.69. The molecule has 0 spiro atoms. The summed E-state index contributed by atoms with van der Waals surface area (Å²) in [5, 5.41) is 26.8. The number of carbonyl (C=O) groups excluding carboxylic acids is 1. The van der Waals surface area contributed by atoms with E-state index in [0.29, 0.717) is 18.2 Å². The zero-order chi connectivity index (χ0) is 26.5. The molecule has 0 aliphatic rings. The van der Waals surface area contributed by atoms with Gasteiger partial charge in [0.25, 0.3) is 0 Å². The summed E-state index contributed by atoms with van der Waals surface area (Å²) in [5.74, 6) is -2.53. The van der Waals surface area contributed by atoms with Crippen molar-refractivity contribution in [2.45, 2.75) is 16.7 Å². The third-order valence-corrected chi connectivity index (χ3v) is 8.40. The van der Waals surface area contributed by atoms with Gasteiger partial charge in [0, 0.05) is 0 Å². The second-order valence-electron chi connectivity index (χ2n) is 7.07. The predicted molar refractivity (Wildman–Crippen MR) is 118 cm³/mol. The van der Waals surface area contributed by atoms with E-state index in [4.69, 9.17) is 0 Å². The molecule has 0 unspecified atom stereocenters. The number of aromatic hydroxyl groups is 2. The number of hydrogen-bond donors (Lipinski definition) is 6. The molecule has 0 aliphatic heterocycles. The number of rotatable bonds is 6. The SMILES string of the molecule is CC(=O)c1ccc(N=Nc2c(S(=O)(=O)O)cc3cc(S(=O)(=O)O)cc(O)c3c2O)c([As](=O)(O)O)c1. The number of benzene rings is 3. The Bertz CT molecular complexity index is 1690. The van der Waals surface area contributed by atoms with Crippen LogP contribution in [-0.4, -0.2) is 64.3 Å². The third kappa shape index (κ3) is 5.43. The number of ketones is 1. The minimum absolute atomic E-state index is 0.0598. The zero-order valence-corrected chi connectivity index (χ0v) is 20.8. The van der Waals surface area contributed by atoms with E-state index in [0.717, 1.165) is 25.1 Å². The number of phenolic OH excluding ortho intramolecular Hbond substituents is 2. The standard InChI is InChI=1S/C18H15AsN2O12S2/c1-8(22)9-2-3-13(12(5-9)19(25,26)27)20-21-17-15(35(31,32)33)6-10-4-11(34(28,29)30)7-14(23)16(10)18(17)24/h2-7,23-24H,1H3,(H2,25,26,27)(H,28,29,30)(H,31,32,33). The molecule has 0 aromatic heterocycles. The molecule has 3 aromatic rings. The molecule has 0 aliphatic carbocycles. The van der Waals surface area contributed by atoms with E-state index in [1.54, 1.807) is 0 Å². The molecule has 0 saturated heterocycles. The third-order valence-electron chi connectivity index (χ3n) is 4.63. The van der Waals surface area contributed by atoms with Crippen LogP contribution in [-0.2, 0) is 24.0 Å². The molecule has 3 aromatic carbocycles. The molecule has 0 radical (unpaired) electrons. The molecule has 6 N–H and O–H groups in total. The molecule has 0 heterocycles. The van der Waals surface area contributed by atoms with Crippen molar-refractivity contribution in [2.24, 2.45) is 10.2 Å². The van der Waals surface area contributed by atoms with Crippen molar-refractivity contribution in [3.05, 3.63) is 42.0 Å². The maximum atomic E-state index is 11.9. The fourth-order valence-electron chi connectivity index (χ4n) is 3.04. The molecule has 0 amide bonds. The van der Waals surface area contributed by atoms with Crippen LogP contribution in [0.5, 0.6) is 11.5 Å². The van der Waals surface area contributed by atoms with Crippen LogP contribution in [0.15, 0.2) is 56.4 Å². The number of fused-ring (bicyclic) bond motifs is 1. The van der Waals surface area contributed by atoms with Crippen molar-refractivity contribution in [1.29, 1.82) is 0 Å². The second-order valence-corrected chi connectivity index (χ2v) is 13.2. The summed E-state index contributed by atoms with van der Waals surface area (Å²) < 4.78 is 96.0. The van der Waals surface area contributed by atoms with Crippen LogP contribution in [0.1, 0.15) is 17.3 Å². The first kappa shape index (κ1) is 26.5. The van der Waals surface area contributed by atoms with Crippen molar-refractivity contribution in [1.82, 2.24) is 0 Å². The summed E-state index contributed by atoms with van der Waals surface area (Å²) in [4.78, 5) is 9.59. The van der Waals surface area contributed by atoms with Crippen molar-refractivity contribution in [3.63, 3.8) is 0 Å². The predicted octanol–water partition coefficient (Wildman–Crippen LogP) is 0.923. The number of Topliss-reactive ketones (excluding diaryl/α,β-unsaturated/α-hetero) is 1. The van der Waals surface area contributed by atoms with Crippen LogP contribution in [0.3, 0.4) is 0 Å². The monoisotopic (exact) mass is 590 g/mol. The summed E-state index contributed by atoms with van der Waals surface area (Å²) in [6.45, 7) is 1.15. The number of nitrogens with zero attached hydrogens (tertiary/aromatic N) is 2. The summed E-state index contributed by atoms with van der Waals surface area (Å²) in [5.41, 5.74) is -1.51. The molecule has 0 fully saturated rings. The second kappa shape index (κ2) is 8.83. The quantitative estimate of drug-likeness (QED) is 0.102. The number of hydrogen-bond acceptors (Lipinski definition) is 10. The van der Waals surface area contributed by atoms with Gasteiger partial charge in [-0.15, -0.1) is 0 Å². The van der Waals surface area contributed by atoms with Crippen LogP contribution in [0, 0.1) is 0 Å². The number of phenols is 2. The first-order valence-corrected chi connectivity index (χ1v) is 15.3. The van der Waals surface area contributed by atoms with Crippen LogP contribution in [0.4, 0.5) is 11.4 Å². The van der Waals surface area contributed by atoms with E-state index in [9.17, 15) is 52.9 Å². The van der Waals surface area contributed by atoms with Gasteiger partial charge in [-0.3, -0.25) is 0 Å². The molecule has 186 valence electrons. The molecule has 35 heavy (non-hydrogen) atoms. The van der Waals surface area contributed by atoms with E-state index < -0.39 is 88.0 Å². The molecule has 0 bridgehead atoms. The molecule has 14 nitrogen and oxygen atoms in total. The van der Waals surface area contributed by atoms with Crippen LogP contribution >= 0.6 is 0 Å². The summed E-state index contributed by atoms with van der Waals surface area (Å²) in [6, 6.07) is 4.94. The van der Waals surface area contributed by atoms with Crippen LogP contribution in [0.2, 0.25) is 0 Å². The van der Waals surface area contributed by atoms with Gasteiger partial charge in [-0.2, -0.15) is 0 Å². The zero-order valence-electron chi connectivity index (χ0n) is 17.3. The summed E-state index contributed by atoms with van der Waals surface area (Å²) >= 11 is -5.72. The number of azo groups is 1. The van der Waals surface area contributed by atoms with E-state index in [1.165, 1.54) is 0 Å². The summed E-state index contributed by atoms with van der Waals surface area (Å²) in [6.07, 6.45) is 0. The molecular formula is C18H15AsN2O12S2. The van der Waals surface area contributed by atoms with Gasteiger partial charge in [-0.1, -0.05) is 0 Å². The van der Waals surface area contributed by atoms with Gasteiger partial charge in [0.15, 0.2) is 0 Å². The first-order valence-electron chi connectivity index (χ1n) is 9.01. The molecule has 17 heteroatoms. The topological polar surface area (TPSA) is 249 Å². The van der Waals surface area contributed by atoms with Gasteiger partial charge in [0.1, 0.15) is 0 Å². The van der Waals surface area contributed by atoms with Crippen molar-refractivity contribution >= 4 is 66.7 Å². The van der Waals surface area contributed by atoms with Crippen molar-refractivity contribution in [3.8, 4) is 11.5 Å². The Hall–Kier alpha value is -3.11. The van der Waals surface area contributed by atoms with Crippen molar-refractivity contribution in [2.75, 3.05) is 0 Å². The normalized spacial score (nSPS) is 12.9. The van der Waals surface area contributed by atoms with E-state index in [1.807, 2.05) is 0 Å². The van der Waals surface area contributed by atoms with Gasteiger partial charge >= 0.3 is 200 Å². The Morgan fingerprint density at radius 2 is 1.54 bits per heavy atom. The minimum atomic E-state index is -5.72. The van der Waals surface area contributed by atoms with Gasteiger partial charge in [0.05, 0.1) is 0 Å². The van der Waals surface area contributed by atoms with Crippen LogP contribution < -0.4 is 4.35 Å². The fraction of sp³-hybridized carbons (Fsp3) is 0.0556.